The van der Waals surface area contributed by atoms with Crippen molar-refractivity contribution in [2.24, 2.45) is 10.5 Å². The molecule has 6 heteroatoms. The fraction of sp³-hybridized carbons (Fsp3) is 0.533. The smallest absolute Gasteiger partial charge is 0.323 e. The molecule has 0 saturated heterocycles. The normalized spacial score (nSPS) is 12.3. The van der Waals surface area contributed by atoms with E-state index in [2.05, 4.69) is 15.3 Å². The molecule has 6 nitrogen and oxygen atoms in total. The van der Waals surface area contributed by atoms with E-state index in [9.17, 15) is 4.79 Å². The van der Waals surface area contributed by atoms with E-state index in [-0.39, 0.29) is 11.4 Å². The third kappa shape index (κ3) is 6.29. The first kappa shape index (κ1) is 17.0. The van der Waals surface area contributed by atoms with Crippen LogP contribution >= 0.6 is 0 Å². The summed E-state index contributed by atoms with van der Waals surface area (Å²) in [6.07, 6.45) is 0.561. The number of benzene rings is 1. The lowest BCUT2D eigenvalue weighted by Crippen LogP contribution is -2.44. The van der Waals surface area contributed by atoms with Gasteiger partial charge in [0.2, 0.25) is 0 Å². The van der Waals surface area contributed by atoms with Crippen LogP contribution in [0.1, 0.15) is 19.4 Å². The number of ether oxygens (including phenoxy) is 1. The van der Waals surface area contributed by atoms with Gasteiger partial charge in [-0.3, -0.25) is 4.79 Å². The van der Waals surface area contributed by atoms with E-state index in [1.54, 1.807) is 0 Å². The van der Waals surface area contributed by atoms with Gasteiger partial charge in [0.1, 0.15) is 6.04 Å². The Balaban J connectivity index is 2.66. The summed E-state index contributed by atoms with van der Waals surface area (Å²) in [5, 5.41) is 6.81. The summed E-state index contributed by atoms with van der Waals surface area (Å²) in [4.78, 5) is 14.7. The van der Waals surface area contributed by atoms with Crippen LogP contribution in [-0.4, -0.2) is 32.2 Å². The molecule has 0 aliphatic rings. The minimum absolute atomic E-state index is 0.227. The monoisotopic (exact) mass is 290 g/mol. The van der Waals surface area contributed by atoms with Gasteiger partial charge in [-0.25, -0.2) is 0 Å². The van der Waals surface area contributed by atoms with Gasteiger partial charge in [0.25, 0.3) is 0 Å². The highest BCUT2D eigenvalue weighted by Gasteiger charge is 2.23. The molecule has 0 fully saturated rings. The molecule has 1 aromatic rings. The summed E-state index contributed by atoms with van der Waals surface area (Å²) in [5.74, 6) is -0.293. The number of hydrogen-bond donors (Lipinski definition) is 1. The van der Waals surface area contributed by atoms with Crippen molar-refractivity contribution in [2.45, 2.75) is 26.3 Å². The SMILES string of the molecule is COC(=O)[C@H](Cc1ccccc1)NCC(C)(C)CN=[N+]=[N-]. The number of carbonyl (C=O) groups excluding carboxylic acids is 1. The van der Waals surface area contributed by atoms with Crippen molar-refractivity contribution in [3.8, 4) is 0 Å². The highest BCUT2D eigenvalue weighted by molar-refractivity contribution is 5.76. The van der Waals surface area contributed by atoms with Crippen molar-refractivity contribution < 1.29 is 9.53 Å². The van der Waals surface area contributed by atoms with Gasteiger partial charge < -0.3 is 10.1 Å². The van der Waals surface area contributed by atoms with Gasteiger partial charge >= 0.3 is 5.97 Å². The van der Waals surface area contributed by atoms with Crippen LogP contribution in [-0.2, 0) is 16.0 Å². The van der Waals surface area contributed by atoms with Gasteiger partial charge in [-0.2, -0.15) is 0 Å². The largest absolute Gasteiger partial charge is 0.468 e. The maximum absolute atomic E-state index is 11.9. The quantitative estimate of drug-likeness (QED) is 0.345. The van der Waals surface area contributed by atoms with Crippen LogP contribution in [0, 0.1) is 5.41 Å². The first-order valence-corrected chi connectivity index (χ1v) is 6.84. The number of nitrogens with zero attached hydrogens (tertiary/aromatic N) is 3. The molecular formula is C15H22N4O2. The van der Waals surface area contributed by atoms with Crippen molar-refractivity contribution in [3.63, 3.8) is 0 Å². The lowest BCUT2D eigenvalue weighted by atomic mass is 9.93. The summed E-state index contributed by atoms with van der Waals surface area (Å²) in [5.41, 5.74) is 9.23. The number of carbonyl (C=O) groups is 1. The minimum atomic E-state index is -0.414. The predicted molar refractivity (Wildman–Crippen MR) is 81.7 cm³/mol. The third-order valence-electron chi connectivity index (χ3n) is 3.16. The maximum atomic E-state index is 11.9. The van der Waals surface area contributed by atoms with Crippen molar-refractivity contribution in [1.29, 1.82) is 0 Å². The first-order valence-electron chi connectivity index (χ1n) is 6.84. The van der Waals surface area contributed by atoms with Crippen molar-refractivity contribution in [1.82, 2.24) is 5.32 Å². The van der Waals surface area contributed by atoms with Gasteiger partial charge in [-0.05, 0) is 22.9 Å². The van der Waals surface area contributed by atoms with E-state index in [0.717, 1.165) is 5.56 Å². The molecule has 0 amide bonds. The molecule has 0 heterocycles. The zero-order valence-corrected chi connectivity index (χ0v) is 12.7. The van der Waals surface area contributed by atoms with Crippen LogP contribution in [0.3, 0.4) is 0 Å². The molecule has 0 spiro atoms. The average Bonchev–Trinajstić information content (AvgIpc) is 2.49. The summed E-state index contributed by atoms with van der Waals surface area (Å²) in [6, 6.07) is 9.35. The second-order valence-electron chi connectivity index (χ2n) is 5.70. The van der Waals surface area contributed by atoms with Gasteiger partial charge in [-0.1, -0.05) is 49.3 Å². The molecule has 0 aromatic heterocycles. The number of rotatable bonds is 8. The van der Waals surface area contributed by atoms with Crippen molar-refractivity contribution in [2.75, 3.05) is 20.2 Å². The van der Waals surface area contributed by atoms with E-state index < -0.39 is 6.04 Å². The third-order valence-corrected chi connectivity index (χ3v) is 3.16. The molecule has 0 unspecified atom stereocenters. The van der Waals surface area contributed by atoms with Gasteiger partial charge in [-0.15, -0.1) is 0 Å². The highest BCUT2D eigenvalue weighted by atomic mass is 16.5. The van der Waals surface area contributed by atoms with Crippen LogP contribution < -0.4 is 5.32 Å². The predicted octanol–water partition coefficient (Wildman–Crippen LogP) is 2.70. The zero-order valence-electron chi connectivity index (χ0n) is 12.7. The van der Waals surface area contributed by atoms with E-state index in [1.165, 1.54) is 7.11 Å². The molecule has 0 aliphatic heterocycles. The number of methoxy groups -OCH3 is 1. The Morgan fingerprint density at radius 2 is 2.10 bits per heavy atom. The Morgan fingerprint density at radius 1 is 1.43 bits per heavy atom. The van der Waals surface area contributed by atoms with E-state index in [0.29, 0.717) is 19.5 Å². The molecule has 0 radical (unpaired) electrons. The summed E-state index contributed by atoms with van der Waals surface area (Å²) in [6.45, 7) is 4.88. The van der Waals surface area contributed by atoms with Crippen molar-refractivity contribution in [3.05, 3.63) is 46.3 Å². The van der Waals surface area contributed by atoms with Crippen LogP contribution in [0.25, 0.3) is 10.4 Å². The Hall–Kier alpha value is -2.04. The number of hydrogen-bond acceptors (Lipinski definition) is 4. The van der Waals surface area contributed by atoms with Crippen LogP contribution in [0.4, 0.5) is 0 Å². The first-order chi connectivity index (χ1) is 9.98. The van der Waals surface area contributed by atoms with Crippen LogP contribution in [0.5, 0.6) is 0 Å². The Bertz CT molecular complexity index is 496. The second kappa shape index (κ2) is 8.29. The molecular weight excluding hydrogens is 268 g/mol. The van der Waals surface area contributed by atoms with Crippen LogP contribution in [0.15, 0.2) is 35.4 Å². The Kier molecular flexibility index (Phi) is 6.72. The van der Waals surface area contributed by atoms with Gasteiger partial charge in [0.15, 0.2) is 0 Å². The molecule has 0 aliphatic carbocycles. The highest BCUT2D eigenvalue weighted by Crippen LogP contribution is 2.15. The van der Waals surface area contributed by atoms with Crippen LogP contribution in [0.2, 0.25) is 0 Å². The maximum Gasteiger partial charge on any atom is 0.323 e. The summed E-state index contributed by atoms with van der Waals surface area (Å²) >= 11 is 0. The molecule has 1 N–H and O–H groups in total. The van der Waals surface area contributed by atoms with Gasteiger partial charge in [0.05, 0.1) is 7.11 Å². The standard InChI is InChI=1S/C15H22N4O2/c1-15(2,11-18-19-16)10-17-13(14(20)21-3)9-12-7-5-4-6-8-12/h4-8,13,17H,9-11H2,1-3H3/t13-/m0/s1. The molecule has 21 heavy (non-hydrogen) atoms. The van der Waals surface area contributed by atoms with E-state index in [1.807, 2.05) is 44.2 Å². The van der Waals surface area contributed by atoms with E-state index in [4.69, 9.17) is 10.3 Å². The second-order valence-corrected chi connectivity index (χ2v) is 5.70. The molecule has 1 atom stereocenters. The molecule has 0 saturated carbocycles. The molecule has 0 bridgehead atoms. The molecule has 114 valence electrons. The van der Waals surface area contributed by atoms with Crippen molar-refractivity contribution >= 4 is 5.97 Å². The Labute approximate surface area is 125 Å². The lowest BCUT2D eigenvalue weighted by molar-refractivity contribution is -0.143. The lowest BCUT2D eigenvalue weighted by Gasteiger charge is -2.26. The number of azide groups is 1. The fourth-order valence-corrected chi connectivity index (χ4v) is 1.91. The zero-order chi connectivity index (χ0) is 15.7. The molecule has 1 aromatic carbocycles. The molecule has 1 rings (SSSR count). The number of esters is 1. The van der Waals surface area contributed by atoms with Gasteiger partial charge in [0, 0.05) is 18.0 Å². The summed E-state index contributed by atoms with van der Waals surface area (Å²) in [7, 11) is 1.38. The topological polar surface area (TPSA) is 87.1 Å². The minimum Gasteiger partial charge on any atom is -0.468 e. The fourth-order valence-electron chi connectivity index (χ4n) is 1.91. The van der Waals surface area contributed by atoms with E-state index >= 15 is 0 Å². The summed E-state index contributed by atoms with van der Waals surface area (Å²) < 4.78 is 4.85. The average molecular weight is 290 g/mol. The Morgan fingerprint density at radius 3 is 2.67 bits per heavy atom. The number of nitrogens with one attached hydrogen (secondary N) is 1.